The molecule has 0 bridgehead atoms. The molecule has 7 nitrogen and oxygen atoms in total. The maximum absolute atomic E-state index is 14.3. The Labute approximate surface area is 252 Å². The third kappa shape index (κ3) is 6.24. The summed E-state index contributed by atoms with van der Waals surface area (Å²) in [6.07, 6.45) is 1.75. The van der Waals surface area contributed by atoms with Gasteiger partial charge in [-0.25, -0.2) is 4.39 Å². The number of hydrogen-bond acceptors (Lipinski definition) is 6. The molecular formula is C35H40FNO6. The molecule has 2 aliphatic carbocycles. The lowest BCUT2D eigenvalue weighted by molar-refractivity contribution is -0.137. The summed E-state index contributed by atoms with van der Waals surface area (Å²) in [5, 5.41) is 9.58. The fourth-order valence-electron chi connectivity index (χ4n) is 6.72. The van der Waals surface area contributed by atoms with E-state index in [1.54, 1.807) is 24.3 Å². The zero-order chi connectivity index (χ0) is 31.1. The van der Waals surface area contributed by atoms with E-state index in [9.17, 15) is 23.9 Å². The van der Waals surface area contributed by atoms with Gasteiger partial charge in [-0.15, -0.1) is 0 Å². The maximum Gasteiger partial charge on any atom is 0.305 e. The molecule has 0 fully saturated rings. The Bertz CT molecular complexity index is 1480. The number of hydrogen-bond donors (Lipinski definition) is 1. The molecule has 0 unspecified atom stereocenters. The second-order valence-corrected chi connectivity index (χ2v) is 13.4. The number of Topliss-reactive ketones (excluding diaryl/α,β-unsaturated/α-hetero) is 2. The number of carboxylic acids is 1. The van der Waals surface area contributed by atoms with E-state index in [2.05, 4.69) is 0 Å². The van der Waals surface area contributed by atoms with Crippen LogP contribution in [0.25, 0.3) is 0 Å². The molecule has 43 heavy (non-hydrogen) atoms. The summed E-state index contributed by atoms with van der Waals surface area (Å²) in [5.41, 5.74) is 3.30. The minimum atomic E-state index is -0.929. The highest BCUT2D eigenvalue weighted by Crippen LogP contribution is 2.55. The van der Waals surface area contributed by atoms with Gasteiger partial charge in [0, 0.05) is 53.4 Å². The lowest BCUT2D eigenvalue weighted by atomic mass is 9.63. The van der Waals surface area contributed by atoms with Gasteiger partial charge in [-0.2, -0.15) is 0 Å². The molecule has 0 radical (unpaired) electrons. The van der Waals surface area contributed by atoms with E-state index in [-0.39, 0.29) is 47.8 Å². The van der Waals surface area contributed by atoms with Crippen molar-refractivity contribution in [1.82, 2.24) is 4.90 Å². The Kier molecular flexibility index (Phi) is 8.25. The van der Waals surface area contributed by atoms with Gasteiger partial charge >= 0.3 is 5.97 Å². The predicted molar refractivity (Wildman–Crippen MR) is 160 cm³/mol. The fourth-order valence-corrected chi connectivity index (χ4v) is 6.72. The molecule has 1 heterocycles. The number of ketones is 2. The van der Waals surface area contributed by atoms with Gasteiger partial charge in [-0.05, 0) is 54.4 Å². The largest absolute Gasteiger partial charge is 0.490 e. The van der Waals surface area contributed by atoms with E-state index in [0.29, 0.717) is 60.5 Å². The first kappa shape index (κ1) is 30.5. The monoisotopic (exact) mass is 589 g/mol. The standard InChI is InChI=1S/C35H40FNO6/c1-6-42-29-15-21(11-12-28(29)43-20-22-9-7-8-10-23(22)36)31-32-24(16-34(2,3)18-26(32)38)37(14-13-30(40)41)25-17-35(4,5)19-27(39)33(25)31/h7-12,15,31H,6,13-14,16-20H2,1-5H3,(H,40,41). The van der Waals surface area contributed by atoms with E-state index >= 15 is 0 Å². The summed E-state index contributed by atoms with van der Waals surface area (Å²) < 4.78 is 26.2. The number of carbonyl (C=O) groups is 3. The van der Waals surface area contributed by atoms with Gasteiger partial charge in [0.05, 0.1) is 13.0 Å². The number of allylic oxidation sites excluding steroid dienone is 4. The van der Waals surface area contributed by atoms with Crippen molar-refractivity contribution in [3.8, 4) is 11.5 Å². The van der Waals surface area contributed by atoms with Crippen molar-refractivity contribution in [2.45, 2.75) is 79.2 Å². The molecule has 0 atom stereocenters. The van der Waals surface area contributed by atoms with Crippen molar-refractivity contribution in [1.29, 1.82) is 0 Å². The Morgan fingerprint density at radius 2 is 1.51 bits per heavy atom. The summed E-state index contributed by atoms with van der Waals surface area (Å²) in [6, 6.07) is 11.9. The van der Waals surface area contributed by atoms with Crippen LogP contribution in [0.1, 0.15) is 83.8 Å². The second-order valence-electron chi connectivity index (χ2n) is 13.4. The first-order valence-electron chi connectivity index (χ1n) is 14.9. The van der Waals surface area contributed by atoms with Crippen molar-refractivity contribution < 1.29 is 33.4 Å². The molecule has 2 aromatic carbocycles. The number of halogens is 1. The second kappa shape index (κ2) is 11.6. The van der Waals surface area contributed by atoms with Crippen LogP contribution in [0.5, 0.6) is 11.5 Å². The lowest BCUT2D eigenvalue weighted by Crippen LogP contribution is -2.45. The third-order valence-corrected chi connectivity index (χ3v) is 8.51. The number of nitrogens with zero attached hydrogens (tertiary/aromatic N) is 1. The molecule has 1 N–H and O–H groups in total. The average molecular weight is 590 g/mol. The van der Waals surface area contributed by atoms with Crippen LogP contribution in [0.15, 0.2) is 65.0 Å². The number of carboxylic acid groups (broad SMARTS) is 1. The van der Waals surface area contributed by atoms with Crippen LogP contribution in [-0.2, 0) is 21.0 Å². The molecular weight excluding hydrogens is 549 g/mol. The number of benzene rings is 2. The van der Waals surface area contributed by atoms with Crippen molar-refractivity contribution >= 4 is 17.5 Å². The molecule has 0 spiro atoms. The molecule has 1 aliphatic heterocycles. The van der Waals surface area contributed by atoms with Crippen LogP contribution < -0.4 is 9.47 Å². The summed E-state index contributed by atoms with van der Waals surface area (Å²) in [6.45, 7) is 10.6. The zero-order valence-corrected chi connectivity index (χ0v) is 25.6. The minimum Gasteiger partial charge on any atom is -0.490 e. The van der Waals surface area contributed by atoms with Crippen molar-refractivity contribution in [2.75, 3.05) is 13.2 Å². The molecule has 228 valence electrons. The van der Waals surface area contributed by atoms with E-state index < -0.39 is 11.9 Å². The minimum absolute atomic E-state index is 0.0137. The lowest BCUT2D eigenvalue weighted by Gasteiger charge is -2.49. The van der Waals surface area contributed by atoms with Crippen LogP contribution in [0.4, 0.5) is 4.39 Å². The van der Waals surface area contributed by atoms with E-state index in [4.69, 9.17) is 9.47 Å². The van der Waals surface area contributed by atoms with Gasteiger partial charge in [-0.1, -0.05) is 52.0 Å². The van der Waals surface area contributed by atoms with Gasteiger partial charge < -0.3 is 19.5 Å². The van der Waals surface area contributed by atoms with Crippen molar-refractivity contribution in [3.63, 3.8) is 0 Å². The van der Waals surface area contributed by atoms with Gasteiger partial charge in [0.25, 0.3) is 0 Å². The number of ether oxygens (including phenoxy) is 2. The van der Waals surface area contributed by atoms with Crippen LogP contribution in [-0.4, -0.2) is 40.7 Å². The van der Waals surface area contributed by atoms with Gasteiger partial charge in [-0.3, -0.25) is 14.4 Å². The average Bonchev–Trinajstić information content (AvgIpc) is 2.90. The van der Waals surface area contributed by atoms with Crippen LogP contribution in [0.2, 0.25) is 0 Å². The highest BCUT2D eigenvalue weighted by molar-refractivity contribution is 6.06. The van der Waals surface area contributed by atoms with E-state index in [1.807, 2.05) is 51.7 Å². The number of carbonyl (C=O) groups excluding carboxylic acids is 2. The summed E-state index contributed by atoms with van der Waals surface area (Å²) in [5.74, 6) is -1.07. The fraction of sp³-hybridized carbons (Fsp3) is 0.457. The Hall–Kier alpha value is -3.94. The molecule has 5 rings (SSSR count). The van der Waals surface area contributed by atoms with Crippen LogP contribution in [0.3, 0.4) is 0 Å². The van der Waals surface area contributed by atoms with Crippen molar-refractivity contribution in [2.24, 2.45) is 10.8 Å². The number of rotatable bonds is 9. The van der Waals surface area contributed by atoms with E-state index in [1.165, 1.54) is 6.07 Å². The van der Waals surface area contributed by atoms with Gasteiger partial charge in [0.1, 0.15) is 12.4 Å². The third-order valence-electron chi connectivity index (χ3n) is 8.51. The highest BCUT2D eigenvalue weighted by Gasteiger charge is 2.49. The zero-order valence-electron chi connectivity index (χ0n) is 25.6. The van der Waals surface area contributed by atoms with Gasteiger partial charge in [0.15, 0.2) is 23.1 Å². The van der Waals surface area contributed by atoms with Crippen molar-refractivity contribution in [3.05, 3.63) is 81.9 Å². The normalized spacial score (nSPS) is 19.7. The quantitative estimate of drug-likeness (QED) is 0.338. The highest BCUT2D eigenvalue weighted by atomic mass is 19.1. The first-order valence-corrected chi connectivity index (χ1v) is 14.9. The number of aliphatic carboxylic acids is 1. The Balaban J connectivity index is 1.64. The molecule has 0 amide bonds. The SMILES string of the molecule is CCOc1cc(C2C3=C(CC(C)(C)CC3=O)N(CCC(=O)O)C3=C2C(=O)CC(C)(C)C3)ccc1OCc1ccccc1F. The van der Waals surface area contributed by atoms with E-state index in [0.717, 1.165) is 17.0 Å². The smallest absolute Gasteiger partial charge is 0.305 e. The molecule has 3 aliphatic rings. The Morgan fingerprint density at radius 1 is 0.907 bits per heavy atom. The van der Waals surface area contributed by atoms with Gasteiger partial charge in [0.2, 0.25) is 0 Å². The summed E-state index contributed by atoms with van der Waals surface area (Å²) in [4.78, 5) is 41.6. The molecule has 0 saturated heterocycles. The Morgan fingerprint density at radius 3 is 2.07 bits per heavy atom. The van der Waals surface area contributed by atoms with Crippen LogP contribution in [0, 0.1) is 16.6 Å². The first-order chi connectivity index (χ1) is 20.3. The molecule has 0 aromatic heterocycles. The molecule has 0 saturated carbocycles. The topological polar surface area (TPSA) is 93.1 Å². The van der Waals surface area contributed by atoms with Crippen LogP contribution >= 0.6 is 0 Å². The summed E-state index contributed by atoms with van der Waals surface area (Å²) >= 11 is 0. The maximum atomic E-state index is 14.3. The predicted octanol–water partition coefficient (Wildman–Crippen LogP) is 6.96. The molecule has 8 heteroatoms. The molecule has 2 aromatic rings. The summed E-state index contributed by atoms with van der Waals surface area (Å²) in [7, 11) is 0.